The maximum Gasteiger partial charge on any atom is 0.236 e. The highest BCUT2D eigenvalue weighted by molar-refractivity contribution is 5.70. The Labute approximate surface area is 85.1 Å². The van der Waals surface area contributed by atoms with Gasteiger partial charge < -0.3 is 9.72 Å². The Kier molecular flexibility index (Phi) is 1.71. The van der Waals surface area contributed by atoms with Crippen molar-refractivity contribution in [1.82, 2.24) is 15.0 Å². The SMILES string of the molecule is O=c1cc[nH]c2nc3c(nc12)OCCC3. The maximum atomic E-state index is 11.5. The van der Waals surface area contributed by atoms with Crippen LogP contribution in [0.3, 0.4) is 0 Å². The number of aromatic nitrogens is 3. The van der Waals surface area contributed by atoms with E-state index in [4.69, 9.17) is 4.74 Å². The first-order chi connectivity index (χ1) is 7.34. The van der Waals surface area contributed by atoms with Gasteiger partial charge in [-0.05, 0) is 12.8 Å². The second-order valence-electron chi connectivity index (χ2n) is 3.47. The van der Waals surface area contributed by atoms with Crippen LogP contribution >= 0.6 is 0 Å². The lowest BCUT2D eigenvalue weighted by molar-refractivity contribution is 0.274. The van der Waals surface area contributed by atoms with Gasteiger partial charge in [-0.3, -0.25) is 4.79 Å². The summed E-state index contributed by atoms with van der Waals surface area (Å²) in [4.78, 5) is 22.9. The summed E-state index contributed by atoms with van der Waals surface area (Å²) in [7, 11) is 0. The maximum absolute atomic E-state index is 11.5. The summed E-state index contributed by atoms with van der Waals surface area (Å²) in [6.07, 6.45) is 3.38. The van der Waals surface area contributed by atoms with Crippen molar-refractivity contribution in [2.45, 2.75) is 12.8 Å². The number of rotatable bonds is 0. The van der Waals surface area contributed by atoms with Crippen molar-refractivity contribution in [2.24, 2.45) is 0 Å². The Morgan fingerprint density at radius 1 is 1.40 bits per heavy atom. The molecule has 0 bridgehead atoms. The molecule has 0 spiro atoms. The van der Waals surface area contributed by atoms with Crippen LogP contribution in [0.1, 0.15) is 12.1 Å². The minimum Gasteiger partial charge on any atom is -0.476 e. The third-order valence-corrected chi connectivity index (χ3v) is 2.42. The summed E-state index contributed by atoms with van der Waals surface area (Å²) in [5.41, 5.74) is 1.58. The molecule has 2 aromatic heterocycles. The first-order valence-electron chi connectivity index (χ1n) is 4.86. The molecule has 0 saturated carbocycles. The van der Waals surface area contributed by atoms with Crippen LogP contribution in [0.2, 0.25) is 0 Å². The van der Waals surface area contributed by atoms with Crippen molar-refractivity contribution < 1.29 is 4.74 Å². The van der Waals surface area contributed by atoms with Crippen LogP contribution in [0.25, 0.3) is 11.2 Å². The number of aryl methyl sites for hydroxylation is 1. The minimum atomic E-state index is -0.131. The fourth-order valence-corrected chi connectivity index (χ4v) is 1.69. The van der Waals surface area contributed by atoms with Crippen molar-refractivity contribution in [3.8, 4) is 5.88 Å². The van der Waals surface area contributed by atoms with Gasteiger partial charge in [0, 0.05) is 12.3 Å². The lowest BCUT2D eigenvalue weighted by atomic mass is 10.2. The van der Waals surface area contributed by atoms with Crippen LogP contribution in [0.4, 0.5) is 0 Å². The standard InChI is InChI=1S/C10H9N3O2/c14-7-3-4-11-9-8(7)13-10-6(12-9)2-1-5-15-10/h3-4H,1-2,5H2,(H,11,12,14). The Morgan fingerprint density at radius 3 is 3.27 bits per heavy atom. The Morgan fingerprint density at radius 2 is 2.33 bits per heavy atom. The fraction of sp³-hybridized carbons (Fsp3) is 0.300. The van der Waals surface area contributed by atoms with Crippen LogP contribution in [0.15, 0.2) is 17.1 Å². The van der Waals surface area contributed by atoms with Crippen molar-refractivity contribution in [3.05, 3.63) is 28.2 Å². The molecule has 2 aromatic rings. The van der Waals surface area contributed by atoms with Gasteiger partial charge >= 0.3 is 0 Å². The number of nitrogens with zero attached hydrogens (tertiary/aromatic N) is 2. The predicted molar refractivity (Wildman–Crippen MR) is 54.0 cm³/mol. The zero-order chi connectivity index (χ0) is 10.3. The highest BCUT2D eigenvalue weighted by atomic mass is 16.5. The zero-order valence-electron chi connectivity index (χ0n) is 7.99. The van der Waals surface area contributed by atoms with Crippen LogP contribution < -0.4 is 10.2 Å². The Hall–Kier alpha value is -1.91. The van der Waals surface area contributed by atoms with E-state index in [9.17, 15) is 4.79 Å². The summed E-state index contributed by atoms with van der Waals surface area (Å²) in [6, 6.07) is 1.44. The van der Waals surface area contributed by atoms with Gasteiger partial charge in [0.25, 0.3) is 0 Å². The monoisotopic (exact) mass is 203 g/mol. The fourth-order valence-electron chi connectivity index (χ4n) is 1.69. The highest BCUT2D eigenvalue weighted by Crippen LogP contribution is 2.21. The second-order valence-corrected chi connectivity index (χ2v) is 3.47. The van der Waals surface area contributed by atoms with E-state index in [-0.39, 0.29) is 5.43 Å². The number of aromatic amines is 1. The molecule has 76 valence electrons. The van der Waals surface area contributed by atoms with E-state index in [1.54, 1.807) is 6.20 Å². The van der Waals surface area contributed by atoms with Gasteiger partial charge in [0.05, 0.1) is 6.61 Å². The molecule has 15 heavy (non-hydrogen) atoms. The number of fused-ring (bicyclic) bond motifs is 2. The number of hydrogen-bond donors (Lipinski definition) is 1. The van der Waals surface area contributed by atoms with Gasteiger partial charge in [-0.25, -0.2) is 9.97 Å². The minimum absolute atomic E-state index is 0.131. The van der Waals surface area contributed by atoms with Crippen molar-refractivity contribution in [2.75, 3.05) is 6.61 Å². The van der Waals surface area contributed by atoms with E-state index in [2.05, 4.69) is 15.0 Å². The lowest BCUT2D eigenvalue weighted by Crippen LogP contribution is -2.14. The predicted octanol–water partition coefficient (Wildman–Crippen LogP) is 0.643. The first-order valence-corrected chi connectivity index (χ1v) is 4.86. The van der Waals surface area contributed by atoms with E-state index >= 15 is 0 Å². The molecule has 3 rings (SSSR count). The largest absolute Gasteiger partial charge is 0.476 e. The third-order valence-electron chi connectivity index (χ3n) is 2.42. The number of ether oxygens (including phenoxy) is 1. The molecule has 0 amide bonds. The average Bonchev–Trinajstić information content (AvgIpc) is 2.27. The molecule has 0 radical (unpaired) electrons. The van der Waals surface area contributed by atoms with Gasteiger partial charge in [0.2, 0.25) is 11.3 Å². The molecule has 1 aliphatic heterocycles. The molecule has 0 unspecified atom stereocenters. The van der Waals surface area contributed by atoms with Crippen LogP contribution in [-0.4, -0.2) is 21.6 Å². The molecule has 5 nitrogen and oxygen atoms in total. The zero-order valence-corrected chi connectivity index (χ0v) is 7.99. The molecule has 1 N–H and O–H groups in total. The summed E-state index contributed by atoms with van der Waals surface area (Å²) in [6.45, 7) is 0.651. The van der Waals surface area contributed by atoms with E-state index in [1.165, 1.54) is 6.07 Å². The van der Waals surface area contributed by atoms with E-state index < -0.39 is 0 Å². The van der Waals surface area contributed by atoms with Crippen molar-refractivity contribution >= 4 is 11.2 Å². The molecule has 0 aliphatic carbocycles. The molecule has 3 heterocycles. The molecule has 1 aliphatic rings. The number of H-pyrrole nitrogens is 1. The third kappa shape index (κ3) is 1.27. The average molecular weight is 203 g/mol. The molecule has 0 aromatic carbocycles. The Bertz CT molecular complexity index is 576. The molecule has 0 saturated heterocycles. The molecular weight excluding hydrogens is 194 g/mol. The van der Waals surface area contributed by atoms with Crippen LogP contribution in [0, 0.1) is 0 Å². The van der Waals surface area contributed by atoms with Gasteiger partial charge in [0.15, 0.2) is 11.2 Å². The summed E-state index contributed by atoms with van der Waals surface area (Å²) in [5, 5.41) is 0. The molecular formula is C10H9N3O2. The summed E-state index contributed by atoms with van der Waals surface area (Å²) in [5.74, 6) is 0.505. The molecule has 5 heteroatoms. The molecule has 0 fully saturated rings. The van der Waals surface area contributed by atoms with E-state index in [0.29, 0.717) is 23.7 Å². The van der Waals surface area contributed by atoms with E-state index in [1.807, 2.05) is 0 Å². The lowest BCUT2D eigenvalue weighted by Gasteiger charge is -2.14. The first kappa shape index (κ1) is 8.40. The van der Waals surface area contributed by atoms with Crippen molar-refractivity contribution in [3.63, 3.8) is 0 Å². The number of hydrogen-bond acceptors (Lipinski definition) is 4. The van der Waals surface area contributed by atoms with Gasteiger partial charge in [-0.1, -0.05) is 0 Å². The second kappa shape index (κ2) is 3.05. The van der Waals surface area contributed by atoms with Crippen LogP contribution in [-0.2, 0) is 6.42 Å². The quantitative estimate of drug-likeness (QED) is 0.682. The van der Waals surface area contributed by atoms with Gasteiger partial charge in [-0.15, -0.1) is 0 Å². The number of pyridine rings is 1. The van der Waals surface area contributed by atoms with Gasteiger partial charge in [0.1, 0.15) is 5.69 Å². The van der Waals surface area contributed by atoms with Gasteiger partial charge in [-0.2, -0.15) is 0 Å². The summed E-state index contributed by atoms with van der Waals surface area (Å²) >= 11 is 0. The highest BCUT2D eigenvalue weighted by Gasteiger charge is 2.15. The molecule has 0 atom stereocenters. The number of nitrogens with one attached hydrogen (secondary N) is 1. The smallest absolute Gasteiger partial charge is 0.236 e. The Balaban J connectivity index is 2.36. The topological polar surface area (TPSA) is 67.9 Å². The van der Waals surface area contributed by atoms with Crippen molar-refractivity contribution in [1.29, 1.82) is 0 Å². The van der Waals surface area contributed by atoms with Crippen LogP contribution in [0.5, 0.6) is 5.88 Å². The van der Waals surface area contributed by atoms with E-state index in [0.717, 1.165) is 18.5 Å². The normalized spacial score (nSPS) is 14.7. The summed E-state index contributed by atoms with van der Waals surface area (Å²) < 4.78 is 5.36.